The minimum atomic E-state index is -0.916. The molecule has 3 unspecified atom stereocenters. The maximum atomic E-state index is 11.4. The molecule has 4 nitrogen and oxygen atoms in total. The quantitative estimate of drug-likeness (QED) is 0.769. The predicted molar refractivity (Wildman–Crippen MR) is 61.0 cm³/mol. The van der Waals surface area contributed by atoms with Crippen molar-refractivity contribution in [3.63, 3.8) is 0 Å². The van der Waals surface area contributed by atoms with E-state index in [9.17, 15) is 9.59 Å². The third-order valence-corrected chi connectivity index (χ3v) is 3.53. The molecule has 0 aromatic heterocycles. The van der Waals surface area contributed by atoms with Crippen molar-refractivity contribution in [3.05, 3.63) is 0 Å². The summed E-state index contributed by atoms with van der Waals surface area (Å²) in [7, 11) is 0. The Kier molecular flexibility index (Phi) is 4.77. The molecule has 0 bridgehead atoms. The lowest BCUT2D eigenvalue weighted by Crippen LogP contribution is -2.39. The van der Waals surface area contributed by atoms with E-state index in [4.69, 9.17) is 5.11 Å². The van der Waals surface area contributed by atoms with Gasteiger partial charge in [-0.3, -0.25) is 9.59 Å². The first kappa shape index (κ1) is 13.0. The van der Waals surface area contributed by atoms with Gasteiger partial charge in [-0.1, -0.05) is 13.8 Å². The molecule has 0 saturated heterocycles. The molecule has 0 spiro atoms. The number of rotatable bonds is 4. The lowest BCUT2D eigenvalue weighted by molar-refractivity contribution is -0.139. The molecule has 0 aromatic carbocycles. The molecule has 0 heterocycles. The van der Waals surface area contributed by atoms with Crippen molar-refractivity contribution in [1.29, 1.82) is 0 Å². The SMILES string of the molecule is CC1CCC(NC(=O)CCC(=O)O)CC1C. The van der Waals surface area contributed by atoms with Gasteiger partial charge in [0.25, 0.3) is 0 Å². The molecule has 92 valence electrons. The molecule has 0 aliphatic heterocycles. The number of nitrogens with one attached hydrogen (secondary N) is 1. The smallest absolute Gasteiger partial charge is 0.303 e. The van der Waals surface area contributed by atoms with Crippen LogP contribution in [0.15, 0.2) is 0 Å². The van der Waals surface area contributed by atoms with E-state index >= 15 is 0 Å². The van der Waals surface area contributed by atoms with Crippen molar-refractivity contribution >= 4 is 11.9 Å². The van der Waals surface area contributed by atoms with Gasteiger partial charge in [0, 0.05) is 12.5 Å². The molecular formula is C12H21NO3. The Bertz CT molecular complexity index is 265. The van der Waals surface area contributed by atoms with Crippen LogP contribution in [0.3, 0.4) is 0 Å². The molecule has 1 saturated carbocycles. The van der Waals surface area contributed by atoms with E-state index in [1.807, 2.05) is 0 Å². The summed E-state index contributed by atoms with van der Waals surface area (Å²) in [5, 5.41) is 11.4. The van der Waals surface area contributed by atoms with Crippen molar-refractivity contribution < 1.29 is 14.7 Å². The Morgan fingerprint density at radius 1 is 1.19 bits per heavy atom. The second-order valence-electron chi connectivity index (χ2n) is 4.93. The number of hydrogen-bond acceptors (Lipinski definition) is 2. The van der Waals surface area contributed by atoms with Gasteiger partial charge in [0.15, 0.2) is 0 Å². The van der Waals surface area contributed by atoms with Crippen molar-refractivity contribution in [2.45, 2.75) is 52.0 Å². The first-order valence-electron chi connectivity index (χ1n) is 6.00. The van der Waals surface area contributed by atoms with Gasteiger partial charge in [-0.2, -0.15) is 0 Å². The number of aliphatic carboxylic acids is 1. The molecule has 0 aromatic rings. The van der Waals surface area contributed by atoms with E-state index in [-0.39, 0.29) is 24.8 Å². The van der Waals surface area contributed by atoms with Crippen LogP contribution in [0.2, 0.25) is 0 Å². The largest absolute Gasteiger partial charge is 0.481 e. The van der Waals surface area contributed by atoms with E-state index in [0.717, 1.165) is 25.2 Å². The maximum absolute atomic E-state index is 11.4. The average molecular weight is 227 g/mol. The zero-order chi connectivity index (χ0) is 12.1. The van der Waals surface area contributed by atoms with E-state index in [1.165, 1.54) is 0 Å². The van der Waals surface area contributed by atoms with Crippen molar-refractivity contribution in [1.82, 2.24) is 5.32 Å². The van der Waals surface area contributed by atoms with E-state index in [0.29, 0.717) is 5.92 Å². The van der Waals surface area contributed by atoms with Crippen LogP contribution in [0.1, 0.15) is 46.0 Å². The van der Waals surface area contributed by atoms with Gasteiger partial charge < -0.3 is 10.4 Å². The van der Waals surface area contributed by atoms with Gasteiger partial charge in [0.1, 0.15) is 0 Å². The van der Waals surface area contributed by atoms with Crippen molar-refractivity contribution in [2.24, 2.45) is 11.8 Å². The Labute approximate surface area is 96.4 Å². The molecule has 1 fully saturated rings. The Morgan fingerprint density at radius 2 is 1.88 bits per heavy atom. The number of carboxylic acid groups (broad SMARTS) is 1. The number of hydrogen-bond donors (Lipinski definition) is 2. The third kappa shape index (κ3) is 4.21. The van der Waals surface area contributed by atoms with Gasteiger partial charge in [0.05, 0.1) is 6.42 Å². The first-order chi connectivity index (χ1) is 7.49. The highest BCUT2D eigenvalue weighted by atomic mass is 16.4. The summed E-state index contributed by atoms with van der Waals surface area (Å²) in [4.78, 5) is 21.7. The zero-order valence-electron chi connectivity index (χ0n) is 10.0. The predicted octanol–water partition coefficient (Wildman–Crippen LogP) is 1.79. The van der Waals surface area contributed by atoms with Crippen LogP contribution in [0.5, 0.6) is 0 Å². The maximum Gasteiger partial charge on any atom is 0.303 e. The number of amides is 1. The minimum absolute atomic E-state index is 0.0789. The fraction of sp³-hybridized carbons (Fsp3) is 0.833. The highest BCUT2D eigenvalue weighted by Crippen LogP contribution is 2.29. The number of carbonyl (C=O) groups excluding carboxylic acids is 1. The zero-order valence-corrected chi connectivity index (χ0v) is 10.0. The summed E-state index contributed by atoms with van der Waals surface area (Å²) >= 11 is 0. The second-order valence-corrected chi connectivity index (χ2v) is 4.93. The van der Waals surface area contributed by atoms with Crippen LogP contribution >= 0.6 is 0 Å². The van der Waals surface area contributed by atoms with Gasteiger partial charge >= 0.3 is 5.97 Å². The van der Waals surface area contributed by atoms with E-state index in [2.05, 4.69) is 19.2 Å². The molecule has 1 aliphatic carbocycles. The first-order valence-corrected chi connectivity index (χ1v) is 6.00. The molecular weight excluding hydrogens is 206 g/mol. The van der Waals surface area contributed by atoms with E-state index < -0.39 is 5.97 Å². The topological polar surface area (TPSA) is 66.4 Å². The summed E-state index contributed by atoms with van der Waals surface area (Å²) < 4.78 is 0. The molecule has 1 rings (SSSR count). The van der Waals surface area contributed by atoms with Crippen LogP contribution in [-0.4, -0.2) is 23.0 Å². The van der Waals surface area contributed by atoms with Crippen LogP contribution in [0.4, 0.5) is 0 Å². The summed E-state index contributed by atoms with van der Waals surface area (Å²) in [6, 6.07) is 0.243. The van der Waals surface area contributed by atoms with Gasteiger partial charge in [-0.25, -0.2) is 0 Å². The van der Waals surface area contributed by atoms with Crippen LogP contribution in [-0.2, 0) is 9.59 Å². The number of carboxylic acids is 1. The molecule has 16 heavy (non-hydrogen) atoms. The average Bonchev–Trinajstić information content (AvgIpc) is 2.21. The highest BCUT2D eigenvalue weighted by Gasteiger charge is 2.25. The van der Waals surface area contributed by atoms with Crippen LogP contribution < -0.4 is 5.32 Å². The monoisotopic (exact) mass is 227 g/mol. The highest BCUT2D eigenvalue weighted by molar-refractivity contribution is 5.80. The molecule has 1 aliphatic rings. The molecule has 3 atom stereocenters. The molecule has 4 heteroatoms. The Hall–Kier alpha value is -1.06. The van der Waals surface area contributed by atoms with Crippen molar-refractivity contribution in [3.8, 4) is 0 Å². The van der Waals surface area contributed by atoms with Crippen LogP contribution in [0, 0.1) is 11.8 Å². The van der Waals surface area contributed by atoms with Gasteiger partial charge in [-0.15, -0.1) is 0 Å². The molecule has 2 N–H and O–H groups in total. The summed E-state index contributed by atoms with van der Waals surface area (Å²) in [6.45, 7) is 4.45. The lowest BCUT2D eigenvalue weighted by Gasteiger charge is -2.32. The van der Waals surface area contributed by atoms with Gasteiger partial charge in [0.2, 0.25) is 5.91 Å². The standard InChI is InChI=1S/C12H21NO3/c1-8-3-4-10(7-9(8)2)13-11(14)5-6-12(15)16/h8-10H,3-7H2,1-2H3,(H,13,14)(H,15,16). The third-order valence-electron chi connectivity index (χ3n) is 3.53. The van der Waals surface area contributed by atoms with Crippen LogP contribution in [0.25, 0.3) is 0 Å². The second kappa shape index (κ2) is 5.87. The molecule has 1 amide bonds. The summed E-state index contributed by atoms with van der Waals surface area (Å²) in [5.41, 5.74) is 0. The lowest BCUT2D eigenvalue weighted by atomic mass is 9.79. The van der Waals surface area contributed by atoms with E-state index in [1.54, 1.807) is 0 Å². The minimum Gasteiger partial charge on any atom is -0.481 e. The molecule has 0 radical (unpaired) electrons. The summed E-state index contributed by atoms with van der Waals surface area (Å²) in [5.74, 6) is 0.320. The number of carbonyl (C=O) groups is 2. The fourth-order valence-corrected chi connectivity index (χ4v) is 2.20. The normalized spacial score (nSPS) is 29.8. The summed E-state index contributed by atoms with van der Waals surface area (Å²) in [6.07, 6.45) is 3.19. The van der Waals surface area contributed by atoms with Gasteiger partial charge in [-0.05, 0) is 31.1 Å². The fourth-order valence-electron chi connectivity index (χ4n) is 2.20. The van der Waals surface area contributed by atoms with Crippen molar-refractivity contribution in [2.75, 3.05) is 0 Å². The Balaban J connectivity index is 2.26. The Morgan fingerprint density at radius 3 is 2.44 bits per heavy atom.